The van der Waals surface area contributed by atoms with Crippen LogP contribution in [0.25, 0.3) is 0 Å². The quantitative estimate of drug-likeness (QED) is 0.245. The average Bonchev–Trinajstić information content (AvgIpc) is 3.08. The maximum atomic E-state index is 13.1. The van der Waals surface area contributed by atoms with Gasteiger partial charge in [0.15, 0.2) is 0 Å². The Labute approximate surface area is 224 Å². The molecule has 198 valence electrons. The van der Waals surface area contributed by atoms with Crippen LogP contribution in [-0.2, 0) is 20.8 Å². The number of hydrogen-bond acceptors (Lipinski definition) is 5. The van der Waals surface area contributed by atoms with E-state index in [1.165, 1.54) is 0 Å². The zero-order valence-electron chi connectivity index (χ0n) is 20.6. The molecule has 1 fully saturated rings. The van der Waals surface area contributed by atoms with E-state index < -0.39 is 46.5 Å². The van der Waals surface area contributed by atoms with Crippen LogP contribution in [0.4, 0.5) is 5.69 Å². The first kappa shape index (κ1) is 28.4. The molecule has 3 amide bonds. The monoisotopic (exact) mass is 549 g/mol. The predicted molar refractivity (Wildman–Crippen MR) is 139 cm³/mol. The number of carbonyl (C=O) groups is 4. The number of carboxylic acid groups (broad SMARTS) is 1. The topological polar surface area (TPSA) is 145 Å². The molecule has 5 N–H and O–H groups in total. The molecular weight excluding hydrogens is 521 g/mol. The highest BCUT2D eigenvalue weighted by molar-refractivity contribution is 6.40. The van der Waals surface area contributed by atoms with E-state index in [1.54, 1.807) is 68.7 Å². The Balaban J connectivity index is 1.68. The fourth-order valence-electron chi connectivity index (χ4n) is 4.83. The Morgan fingerprint density at radius 1 is 1.03 bits per heavy atom. The maximum Gasteiger partial charge on any atom is 0.326 e. The number of hydroxylamine groups is 1. The summed E-state index contributed by atoms with van der Waals surface area (Å²) in [5.74, 6) is -3.35. The van der Waals surface area contributed by atoms with Gasteiger partial charge in [-0.25, -0.2) is 10.3 Å². The summed E-state index contributed by atoms with van der Waals surface area (Å²) in [5.41, 5.74) is 1.09. The van der Waals surface area contributed by atoms with Crippen molar-refractivity contribution in [3.63, 3.8) is 0 Å². The lowest BCUT2D eigenvalue weighted by atomic mass is 9.65. The van der Waals surface area contributed by atoms with Crippen LogP contribution in [0.5, 0.6) is 0 Å². The molecule has 1 saturated carbocycles. The molecule has 2 aromatic rings. The number of hydrogen-bond donors (Lipinski definition) is 5. The molecule has 0 bridgehead atoms. The number of benzene rings is 2. The number of nitrogens with one attached hydrogen (secondary N) is 3. The molecule has 2 aromatic carbocycles. The van der Waals surface area contributed by atoms with Crippen LogP contribution >= 0.6 is 23.2 Å². The highest BCUT2D eigenvalue weighted by Gasteiger charge is 2.58. The number of anilines is 1. The van der Waals surface area contributed by atoms with Gasteiger partial charge in [-0.3, -0.25) is 19.6 Å². The van der Waals surface area contributed by atoms with Crippen molar-refractivity contribution in [3.8, 4) is 0 Å². The lowest BCUT2D eigenvalue weighted by Crippen LogP contribution is -2.51. The Kier molecular flexibility index (Phi) is 8.52. The molecule has 3 atom stereocenters. The van der Waals surface area contributed by atoms with Crippen molar-refractivity contribution in [2.45, 2.75) is 46.1 Å². The highest BCUT2D eigenvalue weighted by atomic mass is 35.5. The molecule has 9 nitrogen and oxygen atoms in total. The summed E-state index contributed by atoms with van der Waals surface area (Å²) in [6.07, 6.45) is 0.751. The number of aliphatic carboxylic acids is 1. The Hall–Kier alpha value is -3.14. The maximum absolute atomic E-state index is 13.1. The van der Waals surface area contributed by atoms with Crippen LogP contribution in [0.3, 0.4) is 0 Å². The standard InChI is InChI=1S/C26H29Cl2N3O6/c1-25(2)16(11-12-26(25,3)24(36)31-37)21(32)30-19(23(34)35)13-14-7-9-15(10-8-14)29-22(33)20-17(27)5-4-6-18(20)28/h4-10,16,19,37H,11-13H2,1-3H3,(H,29,33)(H,30,32)(H,31,36)(H,34,35)/t16-,19?,26+/m1/s1. The van der Waals surface area contributed by atoms with Crippen molar-refractivity contribution in [1.29, 1.82) is 0 Å². The van der Waals surface area contributed by atoms with Crippen LogP contribution in [0.1, 0.15) is 49.5 Å². The first-order valence-electron chi connectivity index (χ1n) is 11.6. The number of carbonyl (C=O) groups excluding carboxylic acids is 3. The number of carboxylic acids is 1. The summed E-state index contributed by atoms with van der Waals surface area (Å²) < 4.78 is 0. The van der Waals surface area contributed by atoms with Gasteiger partial charge < -0.3 is 15.7 Å². The molecule has 1 aliphatic rings. The average molecular weight is 550 g/mol. The molecule has 0 radical (unpaired) electrons. The molecule has 1 unspecified atom stereocenters. The first-order valence-corrected chi connectivity index (χ1v) is 12.4. The third-order valence-electron chi connectivity index (χ3n) is 7.60. The molecule has 0 aliphatic heterocycles. The molecule has 0 saturated heterocycles. The van der Waals surface area contributed by atoms with Gasteiger partial charge in [-0.1, -0.05) is 62.2 Å². The van der Waals surface area contributed by atoms with E-state index in [0.717, 1.165) is 0 Å². The van der Waals surface area contributed by atoms with E-state index in [0.29, 0.717) is 24.1 Å². The van der Waals surface area contributed by atoms with Crippen LogP contribution in [0.15, 0.2) is 42.5 Å². The van der Waals surface area contributed by atoms with Crippen LogP contribution in [-0.4, -0.2) is 40.0 Å². The lowest BCUT2D eigenvalue weighted by molar-refractivity contribution is -0.148. The number of rotatable bonds is 8. The summed E-state index contributed by atoms with van der Waals surface area (Å²) in [5, 5.41) is 24.6. The van der Waals surface area contributed by atoms with Gasteiger partial charge in [-0.2, -0.15) is 0 Å². The minimum Gasteiger partial charge on any atom is -0.480 e. The van der Waals surface area contributed by atoms with E-state index in [1.807, 2.05) is 0 Å². The third kappa shape index (κ3) is 5.74. The van der Waals surface area contributed by atoms with E-state index in [9.17, 15) is 24.3 Å². The smallest absolute Gasteiger partial charge is 0.326 e. The summed E-state index contributed by atoms with van der Waals surface area (Å²) in [6.45, 7) is 5.21. The van der Waals surface area contributed by atoms with E-state index in [4.69, 9.17) is 28.4 Å². The molecule has 37 heavy (non-hydrogen) atoms. The first-order chi connectivity index (χ1) is 17.3. The second-order valence-corrected chi connectivity index (χ2v) is 10.8. The zero-order chi connectivity index (χ0) is 27.5. The van der Waals surface area contributed by atoms with Crippen molar-refractivity contribution in [2.75, 3.05) is 5.32 Å². The fourth-order valence-corrected chi connectivity index (χ4v) is 5.40. The van der Waals surface area contributed by atoms with Gasteiger partial charge in [-0.05, 0) is 48.1 Å². The van der Waals surface area contributed by atoms with Gasteiger partial charge in [0.1, 0.15) is 6.04 Å². The summed E-state index contributed by atoms with van der Waals surface area (Å²) >= 11 is 12.2. The molecule has 1 aliphatic carbocycles. The summed E-state index contributed by atoms with van der Waals surface area (Å²) in [4.78, 5) is 49.9. The second kappa shape index (κ2) is 11.1. The van der Waals surface area contributed by atoms with Crippen LogP contribution < -0.4 is 16.1 Å². The molecular formula is C26H29Cl2N3O6. The van der Waals surface area contributed by atoms with E-state index >= 15 is 0 Å². The molecule has 0 spiro atoms. The van der Waals surface area contributed by atoms with Crippen molar-refractivity contribution in [1.82, 2.24) is 10.8 Å². The fraction of sp³-hybridized carbons (Fsp3) is 0.385. The Morgan fingerprint density at radius 3 is 2.16 bits per heavy atom. The van der Waals surface area contributed by atoms with Crippen molar-refractivity contribution in [3.05, 3.63) is 63.6 Å². The van der Waals surface area contributed by atoms with Crippen molar-refractivity contribution < 1.29 is 29.5 Å². The van der Waals surface area contributed by atoms with Gasteiger partial charge in [0.2, 0.25) is 11.8 Å². The molecule has 3 rings (SSSR count). The molecule has 0 heterocycles. The van der Waals surface area contributed by atoms with Gasteiger partial charge >= 0.3 is 5.97 Å². The van der Waals surface area contributed by atoms with Gasteiger partial charge in [0.25, 0.3) is 5.91 Å². The van der Waals surface area contributed by atoms with Crippen LogP contribution in [0, 0.1) is 16.7 Å². The number of amides is 3. The largest absolute Gasteiger partial charge is 0.480 e. The van der Waals surface area contributed by atoms with Crippen molar-refractivity contribution in [2.24, 2.45) is 16.7 Å². The Morgan fingerprint density at radius 2 is 1.62 bits per heavy atom. The van der Waals surface area contributed by atoms with Gasteiger partial charge in [0.05, 0.1) is 21.0 Å². The summed E-state index contributed by atoms with van der Waals surface area (Å²) in [7, 11) is 0. The lowest BCUT2D eigenvalue weighted by Gasteiger charge is -2.39. The highest BCUT2D eigenvalue weighted by Crippen LogP contribution is 2.56. The van der Waals surface area contributed by atoms with E-state index in [2.05, 4.69) is 10.6 Å². The SMILES string of the molecule is CC1(C)[C@@H](C(=O)NC(Cc2ccc(NC(=O)c3c(Cl)cccc3Cl)cc2)C(=O)O)CC[C@@]1(C)C(=O)NO. The van der Waals surface area contributed by atoms with Crippen LogP contribution in [0.2, 0.25) is 10.0 Å². The van der Waals surface area contributed by atoms with Crippen molar-refractivity contribution >= 4 is 52.6 Å². The molecule has 0 aromatic heterocycles. The van der Waals surface area contributed by atoms with Gasteiger partial charge in [-0.15, -0.1) is 0 Å². The third-order valence-corrected chi connectivity index (χ3v) is 8.23. The van der Waals surface area contributed by atoms with Gasteiger partial charge in [0, 0.05) is 18.0 Å². The van der Waals surface area contributed by atoms with E-state index in [-0.39, 0.29) is 22.0 Å². The number of halogens is 2. The minimum absolute atomic E-state index is 0.00713. The Bertz CT molecular complexity index is 1200. The second-order valence-electron chi connectivity index (χ2n) is 9.94. The summed E-state index contributed by atoms with van der Waals surface area (Å²) in [6, 6.07) is 10.0. The predicted octanol–water partition coefficient (Wildman–Crippen LogP) is 4.31. The molecule has 11 heteroatoms. The zero-order valence-corrected chi connectivity index (χ0v) is 22.1. The minimum atomic E-state index is -1.20. The normalized spacial score (nSPS) is 21.1.